The summed E-state index contributed by atoms with van der Waals surface area (Å²) in [5.74, 6) is -0.923. The zero-order valence-corrected chi connectivity index (χ0v) is 8.65. The highest BCUT2D eigenvalue weighted by atomic mass is 79.9. The van der Waals surface area contributed by atoms with Crippen LogP contribution in [0.25, 0.3) is 10.8 Å². The first-order valence-electron chi connectivity index (χ1n) is 3.95. The molecule has 0 bridgehead atoms. The summed E-state index contributed by atoms with van der Waals surface area (Å²) in [5.41, 5.74) is 0.297. The van der Waals surface area contributed by atoms with E-state index in [1.807, 2.05) is 0 Å². The fourth-order valence-electron chi connectivity index (χ4n) is 1.34. The molecule has 1 aromatic heterocycles. The Hall–Kier alpha value is -1.42. The molecule has 0 atom stereocenters. The highest BCUT2D eigenvalue weighted by Crippen LogP contribution is 2.25. The van der Waals surface area contributed by atoms with Gasteiger partial charge in [0.1, 0.15) is 0 Å². The SMILES string of the molecule is O=C(O)c1ccc(Br)c2cnccc12. The van der Waals surface area contributed by atoms with Crippen molar-refractivity contribution in [2.45, 2.75) is 0 Å². The Morgan fingerprint density at radius 3 is 2.79 bits per heavy atom. The monoisotopic (exact) mass is 251 g/mol. The Morgan fingerprint density at radius 2 is 2.07 bits per heavy atom. The average molecular weight is 252 g/mol. The number of halogens is 1. The number of aromatic nitrogens is 1. The standard InChI is InChI=1S/C10H6BrNO2/c11-9-2-1-7(10(13)14)6-3-4-12-5-8(6)9/h1-5H,(H,13,14). The molecular weight excluding hydrogens is 246 g/mol. The van der Waals surface area contributed by atoms with Gasteiger partial charge in [0.15, 0.2) is 0 Å². The first-order chi connectivity index (χ1) is 6.70. The number of carboxylic acid groups (broad SMARTS) is 1. The van der Waals surface area contributed by atoms with Gasteiger partial charge in [-0.05, 0) is 18.2 Å². The first kappa shape index (κ1) is 9.15. The summed E-state index contributed by atoms with van der Waals surface area (Å²) in [7, 11) is 0. The van der Waals surface area contributed by atoms with Crippen LogP contribution in [-0.4, -0.2) is 16.1 Å². The number of carboxylic acids is 1. The molecule has 0 amide bonds. The topological polar surface area (TPSA) is 50.2 Å². The molecule has 1 N–H and O–H groups in total. The minimum absolute atomic E-state index is 0.297. The number of aromatic carboxylic acids is 1. The van der Waals surface area contributed by atoms with Crippen LogP contribution in [0.5, 0.6) is 0 Å². The third kappa shape index (κ3) is 1.37. The second kappa shape index (κ2) is 3.38. The predicted molar refractivity (Wildman–Crippen MR) is 56.4 cm³/mol. The van der Waals surface area contributed by atoms with Crippen LogP contribution in [0, 0.1) is 0 Å². The van der Waals surface area contributed by atoms with Crippen molar-refractivity contribution < 1.29 is 9.90 Å². The summed E-state index contributed by atoms with van der Waals surface area (Å²) in [6.07, 6.45) is 3.23. The van der Waals surface area contributed by atoms with Gasteiger partial charge < -0.3 is 5.11 Å². The molecule has 0 unspecified atom stereocenters. The van der Waals surface area contributed by atoms with E-state index in [1.54, 1.807) is 30.6 Å². The van der Waals surface area contributed by atoms with Crippen molar-refractivity contribution in [1.29, 1.82) is 0 Å². The van der Waals surface area contributed by atoms with Gasteiger partial charge in [-0.15, -0.1) is 0 Å². The van der Waals surface area contributed by atoms with E-state index in [2.05, 4.69) is 20.9 Å². The van der Waals surface area contributed by atoms with Crippen molar-refractivity contribution in [2.75, 3.05) is 0 Å². The van der Waals surface area contributed by atoms with Crippen molar-refractivity contribution >= 4 is 32.7 Å². The van der Waals surface area contributed by atoms with E-state index in [0.717, 1.165) is 9.86 Å². The summed E-state index contributed by atoms with van der Waals surface area (Å²) in [6, 6.07) is 4.99. The Bertz CT molecular complexity index is 510. The molecule has 0 aliphatic carbocycles. The fourth-order valence-corrected chi connectivity index (χ4v) is 1.79. The molecule has 0 saturated carbocycles. The molecule has 0 radical (unpaired) electrons. The van der Waals surface area contributed by atoms with Gasteiger partial charge in [-0.3, -0.25) is 4.98 Å². The van der Waals surface area contributed by atoms with Crippen LogP contribution in [0.15, 0.2) is 35.1 Å². The number of fused-ring (bicyclic) bond motifs is 1. The van der Waals surface area contributed by atoms with Crippen LogP contribution >= 0.6 is 15.9 Å². The molecule has 2 rings (SSSR count). The molecule has 4 heteroatoms. The molecule has 0 aliphatic heterocycles. The Balaban J connectivity index is 2.88. The molecule has 0 fully saturated rings. The number of hydrogen-bond donors (Lipinski definition) is 1. The number of hydrogen-bond acceptors (Lipinski definition) is 2. The van der Waals surface area contributed by atoms with Gasteiger partial charge in [-0.1, -0.05) is 15.9 Å². The quantitative estimate of drug-likeness (QED) is 0.848. The summed E-state index contributed by atoms with van der Waals surface area (Å²) >= 11 is 3.35. The van der Waals surface area contributed by atoms with Crippen LogP contribution in [0.4, 0.5) is 0 Å². The van der Waals surface area contributed by atoms with E-state index >= 15 is 0 Å². The molecule has 1 heterocycles. The van der Waals surface area contributed by atoms with Gasteiger partial charge >= 0.3 is 5.97 Å². The molecule has 3 nitrogen and oxygen atoms in total. The number of pyridine rings is 1. The van der Waals surface area contributed by atoms with Crippen molar-refractivity contribution in [3.05, 3.63) is 40.6 Å². The van der Waals surface area contributed by atoms with Crippen molar-refractivity contribution in [1.82, 2.24) is 4.98 Å². The smallest absolute Gasteiger partial charge is 0.336 e. The van der Waals surface area contributed by atoms with E-state index < -0.39 is 5.97 Å². The molecule has 0 aliphatic rings. The summed E-state index contributed by atoms with van der Waals surface area (Å²) in [4.78, 5) is 14.8. The van der Waals surface area contributed by atoms with Gasteiger partial charge in [0.05, 0.1) is 5.56 Å². The highest BCUT2D eigenvalue weighted by Gasteiger charge is 2.09. The predicted octanol–water partition coefficient (Wildman–Crippen LogP) is 2.70. The lowest BCUT2D eigenvalue weighted by Crippen LogP contribution is -1.97. The van der Waals surface area contributed by atoms with Crippen LogP contribution in [0.1, 0.15) is 10.4 Å². The van der Waals surface area contributed by atoms with Crippen LogP contribution in [0.2, 0.25) is 0 Å². The molecule has 1 aromatic carbocycles. The second-order valence-corrected chi connectivity index (χ2v) is 3.68. The van der Waals surface area contributed by atoms with E-state index in [9.17, 15) is 4.79 Å². The number of nitrogens with zero attached hydrogens (tertiary/aromatic N) is 1. The van der Waals surface area contributed by atoms with Crippen LogP contribution in [-0.2, 0) is 0 Å². The summed E-state index contributed by atoms with van der Waals surface area (Å²) in [6.45, 7) is 0. The minimum atomic E-state index is -0.923. The van der Waals surface area contributed by atoms with Gasteiger partial charge in [-0.2, -0.15) is 0 Å². The molecular formula is C10H6BrNO2. The normalized spacial score (nSPS) is 10.4. The fraction of sp³-hybridized carbons (Fsp3) is 0. The maximum atomic E-state index is 10.9. The van der Waals surface area contributed by atoms with E-state index in [1.165, 1.54) is 0 Å². The molecule has 2 aromatic rings. The maximum Gasteiger partial charge on any atom is 0.336 e. The Morgan fingerprint density at radius 1 is 1.29 bits per heavy atom. The summed E-state index contributed by atoms with van der Waals surface area (Å²) < 4.78 is 0.852. The lowest BCUT2D eigenvalue weighted by molar-refractivity contribution is 0.0699. The third-order valence-electron chi connectivity index (χ3n) is 2.00. The molecule has 0 saturated heterocycles. The largest absolute Gasteiger partial charge is 0.478 e. The zero-order chi connectivity index (χ0) is 10.1. The lowest BCUT2D eigenvalue weighted by atomic mass is 10.1. The van der Waals surface area contributed by atoms with E-state index in [-0.39, 0.29) is 0 Å². The number of carbonyl (C=O) groups is 1. The first-order valence-corrected chi connectivity index (χ1v) is 4.75. The van der Waals surface area contributed by atoms with Gasteiger partial charge in [0, 0.05) is 27.6 Å². The van der Waals surface area contributed by atoms with Crippen molar-refractivity contribution in [3.8, 4) is 0 Å². The third-order valence-corrected chi connectivity index (χ3v) is 2.69. The Kier molecular flexibility index (Phi) is 2.21. The number of rotatable bonds is 1. The Labute approximate surface area is 88.5 Å². The van der Waals surface area contributed by atoms with Crippen molar-refractivity contribution in [3.63, 3.8) is 0 Å². The maximum absolute atomic E-state index is 10.9. The van der Waals surface area contributed by atoms with Crippen molar-refractivity contribution in [2.24, 2.45) is 0 Å². The average Bonchev–Trinajstić information content (AvgIpc) is 2.18. The molecule has 70 valence electrons. The van der Waals surface area contributed by atoms with Crippen LogP contribution < -0.4 is 0 Å². The zero-order valence-electron chi connectivity index (χ0n) is 7.07. The summed E-state index contributed by atoms with van der Waals surface area (Å²) in [5, 5.41) is 10.4. The van der Waals surface area contributed by atoms with Gasteiger partial charge in [0.2, 0.25) is 0 Å². The van der Waals surface area contributed by atoms with E-state index in [4.69, 9.17) is 5.11 Å². The van der Waals surface area contributed by atoms with Crippen LogP contribution in [0.3, 0.4) is 0 Å². The minimum Gasteiger partial charge on any atom is -0.478 e. The number of benzene rings is 1. The lowest BCUT2D eigenvalue weighted by Gasteiger charge is -2.03. The van der Waals surface area contributed by atoms with Gasteiger partial charge in [-0.25, -0.2) is 4.79 Å². The molecule has 14 heavy (non-hydrogen) atoms. The second-order valence-electron chi connectivity index (χ2n) is 2.82. The van der Waals surface area contributed by atoms with Gasteiger partial charge in [0.25, 0.3) is 0 Å². The highest BCUT2D eigenvalue weighted by molar-refractivity contribution is 9.10. The van der Waals surface area contributed by atoms with E-state index in [0.29, 0.717) is 10.9 Å². The molecule has 0 spiro atoms.